The predicted octanol–water partition coefficient (Wildman–Crippen LogP) is 2.78. The molecule has 1 aromatic carbocycles. The van der Waals surface area contributed by atoms with Crippen LogP contribution < -0.4 is 5.32 Å². The first-order chi connectivity index (χ1) is 10.5. The molecule has 0 bridgehead atoms. The number of nitrogens with one attached hydrogen (secondary N) is 1. The van der Waals surface area contributed by atoms with E-state index in [9.17, 15) is 9.59 Å². The summed E-state index contributed by atoms with van der Waals surface area (Å²) < 4.78 is 5.06. The van der Waals surface area contributed by atoms with Gasteiger partial charge in [0.2, 0.25) is 0 Å². The zero-order valence-electron chi connectivity index (χ0n) is 13.4. The lowest BCUT2D eigenvalue weighted by Crippen LogP contribution is -2.42. The van der Waals surface area contributed by atoms with Crippen LogP contribution in [0, 0.1) is 12.8 Å². The van der Waals surface area contributed by atoms with Crippen LogP contribution in [0.4, 0.5) is 0 Å². The van der Waals surface area contributed by atoms with Gasteiger partial charge in [0.25, 0.3) is 5.91 Å². The zero-order valence-corrected chi connectivity index (χ0v) is 13.4. The van der Waals surface area contributed by atoms with Gasteiger partial charge in [0.1, 0.15) is 0 Å². The van der Waals surface area contributed by atoms with Crippen molar-refractivity contribution in [3.8, 4) is 0 Å². The summed E-state index contributed by atoms with van der Waals surface area (Å²) in [5.74, 6) is -0.0624. The second kappa shape index (κ2) is 7.97. The van der Waals surface area contributed by atoms with Gasteiger partial charge < -0.3 is 10.1 Å². The van der Waals surface area contributed by atoms with Crippen LogP contribution in [0.1, 0.15) is 43.7 Å². The fourth-order valence-electron chi connectivity index (χ4n) is 2.85. The highest BCUT2D eigenvalue weighted by molar-refractivity contribution is 5.81. The maximum Gasteiger partial charge on any atom is 0.310 e. The summed E-state index contributed by atoms with van der Waals surface area (Å²) in [4.78, 5) is 23.6. The highest BCUT2D eigenvalue weighted by Crippen LogP contribution is 2.23. The van der Waals surface area contributed by atoms with Crippen molar-refractivity contribution in [1.29, 1.82) is 0 Å². The molecule has 2 atom stereocenters. The van der Waals surface area contributed by atoms with E-state index in [4.69, 9.17) is 4.74 Å². The van der Waals surface area contributed by atoms with Crippen molar-refractivity contribution in [1.82, 2.24) is 5.32 Å². The first-order valence-corrected chi connectivity index (χ1v) is 8.05. The number of amides is 1. The molecule has 0 spiro atoms. The summed E-state index contributed by atoms with van der Waals surface area (Å²) >= 11 is 0. The van der Waals surface area contributed by atoms with Crippen LogP contribution in [-0.4, -0.2) is 24.5 Å². The van der Waals surface area contributed by atoms with E-state index < -0.39 is 0 Å². The summed E-state index contributed by atoms with van der Waals surface area (Å²) in [6.45, 7) is 3.97. The number of carbonyl (C=O) groups excluding carboxylic acids is 2. The zero-order chi connectivity index (χ0) is 15.9. The first-order valence-electron chi connectivity index (χ1n) is 8.05. The van der Waals surface area contributed by atoms with Crippen molar-refractivity contribution in [2.45, 2.75) is 52.0 Å². The van der Waals surface area contributed by atoms with Crippen LogP contribution >= 0.6 is 0 Å². The quantitative estimate of drug-likeness (QED) is 0.851. The molecule has 1 N–H and O–H groups in total. The molecule has 0 saturated heterocycles. The monoisotopic (exact) mass is 303 g/mol. The Kier molecular flexibility index (Phi) is 5.99. The van der Waals surface area contributed by atoms with Gasteiger partial charge in [-0.3, -0.25) is 9.59 Å². The molecule has 1 amide bonds. The predicted molar refractivity (Wildman–Crippen MR) is 85.4 cm³/mol. The second-order valence-electron chi connectivity index (χ2n) is 6.26. The molecule has 1 fully saturated rings. The van der Waals surface area contributed by atoms with E-state index in [0.717, 1.165) is 30.4 Å². The van der Waals surface area contributed by atoms with Gasteiger partial charge in [-0.25, -0.2) is 0 Å². The minimum Gasteiger partial charge on any atom is -0.455 e. The van der Waals surface area contributed by atoms with Crippen molar-refractivity contribution in [3.63, 3.8) is 0 Å². The van der Waals surface area contributed by atoms with E-state index in [1.165, 1.54) is 6.42 Å². The smallest absolute Gasteiger partial charge is 0.310 e. The minimum atomic E-state index is -0.365. The Bertz CT molecular complexity index is 510. The molecule has 0 aromatic heterocycles. The topological polar surface area (TPSA) is 55.4 Å². The van der Waals surface area contributed by atoms with E-state index in [2.05, 4.69) is 12.2 Å². The molecule has 2 rings (SSSR count). The molecule has 0 unspecified atom stereocenters. The average molecular weight is 303 g/mol. The SMILES string of the molecule is Cc1ccc(CC(=O)OCC(=O)N[C@H]2CCCC[C@@H]2C)cc1. The number of carbonyl (C=O) groups is 2. The number of hydrogen-bond donors (Lipinski definition) is 1. The van der Waals surface area contributed by atoms with Crippen molar-refractivity contribution in [2.24, 2.45) is 5.92 Å². The fourth-order valence-corrected chi connectivity index (χ4v) is 2.85. The molecule has 1 saturated carbocycles. The first kappa shape index (κ1) is 16.5. The van der Waals surface area contributed by atoms with Crippen LogP contribution in [-0.2, 0) is 20.7 Å². The second-order valence-corrected chi connectivity index (χ2v) is 6.26. The molecule has 1 aliphatic rings. The summed E-state index contributed by atoms with van der Waals surface area (Å²) in [5, 5.41) is 2.98. The lowest BCUT2D eigenvalue weighted by atomic mass is 9.86. The molecule has 0 radical (unpaired) electrons. The summed E-state index contributed by atoms with van der Waals surface area (Å²) in [6.07, 6.45) is 4.76. The van der Waals surface area contributed by atoms with Gasteiger partial charge in [-0.15, -0.1) is 0 Å². The number of esters is 1. The maximum atomic E-state index is 11.9. The number of rotatable bonds is 5. The maximum absolute atomic E-state index is 11.9. The van der Waals surface area contributed by atoms with Crippen LogP contribution in [0.15, 0.2) is 24.3 Å². The summed E-state index contributed by atoms with van der Waals surface area (Å²) in [6, 6.07) is 7.94. The van der Waals surface area contributed by atoms with Crippen LogP contribution in [0.5, 0.6) is 0 Å². The molecule has 0 aliphatic heterocycles. The van der Waals surface area contributed by atoms with E-state index in [0.29, 0.717) is 5.92 Å². The lowest BCUT2D eigenvalue weighted by Gasteiger charge is -2.29. The van der Waals surface area contributed by atoms with Gasteiger partial charge in [0, 0.05) is 6.04 Å². The average Bonchev–Trinajstić information content (AvgIpc) is 2.50. The lowest BCUT2D eigenvalue weighted by molar-refractivity contribution is -0.148. The number of aryl methyl sites for hydroxylation is 1. The highest BCUT2D eigenvalue weighted by atomic mass is 16.5. The van der Waals surface area contributed by atoms with Gasteiger partial charge >= 0.3 is 5.97 Å². The van der Waals surface area contributed by atoms with E-state index in [1.807, 2.05) is 31.2 Å². The van der Waals surface area contributed by atoms with E-state index in [1.54, 1.807) is 0 Å². The molecular weight excluding hydrogens is 278 g/mol. The molecule has 1 aliphatic carbocycles. The highest BCUT2D eigenvalue weighted by Gasteiger charge is 2.23. The number of benzene rings is 1. The Morgan fingerprint density at radius 2 is 1.86 bits per heavy atom. The molecular formula is C18H25NO3. The van der Waals surface area contributed by atoms with Gasteiger partial charge in [-0.1, -0.05) is 49.6 Å². The Balaban J connectivity index is 1.71. The molecule has 4 nitrogen and oxygen atoms in total. The number of ether oxygens (including phenoxy) is 1. The van der Waals surface area contributed by atoms with Gasteiger partial charge in [0.05, 0.1) is 6.42 Å². The minimum absolute atomic E-state index is 0.187. The van der Waals surface area contributed by atoms with Crippen molar-refractivity contribution in [3.05, 3.63) is 35.4 Å². The Morgan fingerprint density at radius 1 is 1.18 bits per heavy atom. The summed E-state index contributed by atoms with van der Waals surface area (Å²) in [7, 11) is 0. The molecule has 0 heterocycles. The van der Waals surface area contributed by atoms with Crippen LogP contribution in [0.2, 0.25) is 0 Å². The molecule has 1 aromatic rings. The fraction of sp³-hybridized carbons (Fsp3) is 0.556. The van der Waals surface area contributed by atoms with Crippen molar-refractivity contribution in [2.75, 3.05) is 6.61 Å². The molecule has 120 valence electrons. The normalized spacial score (nSPS) is 21.2. The van der Waals surface area contributed by atoms with Crippen LogP contribution in [0.3, 0.4) is 0 Å². The van der Waals surface area contributed by atoms with E-state index in [-0.39, 0.29) is 30.9 Å². The standard InChI is InChI=1S/C18H25NO3/c1-13-7-9-15(10-8-13)11-18(21)22-12-17(20)19-16-6-4-3-5-14(16)2/h7-10,14,16H,3-6,11-12H2,1-2H3,(H,19,20)/t14-,16-/m0/s1. The van der Waals surface area contributed by atoms with E-state index >= 15 is 0 Å². The largest absolute Gasteiger partial charge is 0.455 e. The third kappa shape index (κ3) is 5.17. The Labute approximate surface area is 132 Å². The van der Waals surface area contributed by atoms with Gasteiger partial charge in [0.15, 0.2) is 6.61 Å². The van der Waals surface area contributed by atoms with Crippen molar-refractivity contribution < 1.29 is 14.3 Å². The summed E-state index contributed by atoms with van der Waals surface area (Å²) in [5.41, 5.74) is 2.05. The Morgan fingerprint density at radius 3 is 2.55 bits per heavy atom. The third-order valence-electron chi connectivity index (χ3n) is 4.29. The van der Waals surface area contributed by atoms with Gasteiger partial charge in [-0.05, 0) is 31.2 Å². The van der Waals surface area contributed by atoms with Crippen LogP contribution in [0.25, 0.3) is 0 Å². The number of hydrogen-bond acceptors (Lipinski definition) is 3. The molecule has 4 heteroatoms. The van der Waals surface area contributed by atoms with Gasteiger partial charge in [-0.2, -0.15) is 0 Å². The molecule has 22 heavy (non-hydrogen) atoms. The third-order valence-corrected chi connectivity index (χ3v) is 4.29. The Hall–Kier alpha value is -1.84. The van der Waals surface area contributed by atoms with Crippen molar-refractivity contribution >= 4 is 11.9 Å².